The van der Waals surface area contributed by atoms with Gasteiger partial charge in [-0.05, 0) is 0 Å². The molecule has 17 heavy (non-hydrogen) atoms. The Morgan fingerprint density at radius 3 is 2.41 bits per heavy atom. The van der Waals surface area contributed by atoms with Gasteiger partial charge in [-0.1, -0.05) is 0 Å². The zero-order chi connectivity index (χ0) is 13.1. The van der Waals surface area contributed by atoms with Crippen molar-refractivity contribution in [2.45, 2.75) is 5.60 Å². The number of rotatable bonds is 7. The summed E-state index contributed by atoms with van der Waals surface area (Å²) in [6.45, 7) is 0.908. The zero-order valence-corrected chi connectivity index (χ0v) is 11.2. The number of β-amino-alcohol motifs (C(OH)–C–C–N with tert-alkyl or cyclic N) is 1. The molecule has 0 bridgehead atoms. The smallest absolute Gasteiger partial charge is 0.282 e. The van der Waals surface area contributed by atoms with Crippen molar-refractivity contribution in [1.82, 2.24) is 8.61 Å². The molecular formula is C9H20N2O5S. The van der Waals surface area contributed by atoms with Crippen LogP contribution >= 0.6 is 0 Å². The van der Waals surface area contributed by atoms with Crippen LogP contribution in [-0.4, -0.2) is 81.9 Å². The van der Waals surface area contributed by atoms with E-state index in [0.29, 0.717) is 6.61 Å². The summed E-state index contributed by atoms with van der Waals surface area (Å²) in [5, 5.41) is 9.83. The molecule has 0 atom stereocenters. The van der Waals surface area contributed by atoms with Crippen LogP contribution in [-0.2, 0) is 19.7 Å². The lowest BCUT2D eigenvalue weighted by atomic mass is 9.99. The Hall–Kier alpha value is -0.250. The molecule has 1 heterocycles. The van der Waals surface area contributed by atoms with Crippen LogP contribution in [0.3, 0.4) is 0 Å². The van der Waals surface area contributed by atoms with Crippen molar-refractivity contribution in [3.63, 3.8) is 0 Å². The summed E-state index contributed by atoms with van der Waals surface area (Å²) >= 11 is 0. The molecule has 0 aromatic heterocycles. The highest BCUT2D eigenvalue weighted by molar-refractivity contribution is 7.86. The Morgan fingerprint density at radius 2 is 1.94 bits per heavy atom. The molecule has 0 aromatic rings. The first-order chi connectivity index (χ1) is 7.85. The van der Waals surface area contributed by atoms with Crippen LogP contribution in [0.4, 0.5) is 0 Å². The van der Waals surface area contributed by atoms with E-state index in [-0.39, 0.29) is 26.2 Å². The number of aliphatic hydroxyl groups is 1. The van der Waals surface area contributed by atoms with Crippen LogP contribution in [0.2, 0.25) is 0 Å². The van der Waals surface area contributed by atoms with E-state index in [2.05, 4.69) is 0 Å². The van der Waals surface area contributed by atoms with Crippen LogP contribution in [0.1, 0.15) is 0 Å². The van der Waals surface area contributed by atoms with Gasteiger partial charge in [0.15, 0.2) is 0 Å². The van der Waals surface area contributed by atoms with Crippen molar-refractivity contribution >= 4 is 10.2 Å². The molecule has 1 rings (SSSR count). The van der Waals surface area contributed by atoms with Crippen LogP contribution in [0, 0.1) is 0 Å². The van der Waals surface area contributed by atoms with Gasteiger partial charge in [0.2, 0.25) is 0 Å². The SMILES string of the molecule is COCCN(C)S(=O)(=O)N1CC(O)(COC)C1. The fourth-order valence-electron chi connectivity index (χ4n) is 1.67. The number of ether oxygens (including phenoxy) is 2. The average Bonchev–Trinajstić information content (AvgIpc) is 2.22. The Kier molecular flexibility index (Phi) is 4.87. The first-order valence-corrected chi connectivity index (χ1v) is 6.67. The molecule has 1 aliphatic rings. The molecule has 0 amide bonds. The van der Waals surface area contributed by atoms with E-state index in [0.717, 1.165) is 0 Å². The lowest BCUT2D eigenvalue weighted by Gasteiger charge is -2.45. The Bertz CT molecular complexity index is 339. The Balaban J connectivity index is 2.52. The number of nitrogens with zero attached hydrogens (tertiary/aromatic N) is 2. The minimum Gasteiger partial charge on any atom is -0.385 e. The molecular weight excluding hydrogens is 248 g/mol. The second kappa shape index (κ2) is 5.59. The zero-order valence-electron chi connectivity index (χ0n) is 10.4. The Morgan fingerprint density at radius 1 is 1.35 bits per heavy atom. The predicted molar refractivity (Wildman–Crippen MR) is 61.8 cm³/mol. The number of methoxy groups -OCH3 is 2. The molecule has 102 valence electrons. The van der Waals surface area contributed by atoms with Crippen LogP contribution in [0.15, 0.2) is 0 Å². The highest BCUT2D eigenvalue weighted by Gasteiger charge is 2.48. The monoisotopic (exact) mass is 268 g/mol. The molecule has 0 unspecified atom stereocenters. The summed E-state index contributed by atoms with van der Waals surface area (Å²) in [5.41, 5.74) is -1.05. The summed E-state index contributed by atoms with van der Waals surface area (Å²) in [7, 11) is 0.983. The van der Waals surface area contributed by atoms with Crippen molar-refractivity contribution in [3.05, 3.63) is 0 Å². The largest absolute Gasteiger partial charge is 0.385 e. The first kappa shape index (κ1) is 14.8. The average molecular weight is 268 g/mol. The van der Waals surface area contributed by atoms with Gasteiger partial charge in [0.05, 0.1) is 13.2 Å². The van der Waals surface area contributed by atoms with E-state index >= 15 is 0 Å². The first-order valence-electron chi connectivity index (χ1n) is 5.27. The summed E-state index contributed by atoms with van der Waals surface area (Å²) in [6.07, 6.45) is 0. The van der Waals surface area contributed by atoms with Gasteiger partial charge in [-0.15, -0.1) is 0 Å². The van der Waals surface area contributed by atoms with E-state index < -0.39 is 15.8 Å². The van der Waals surface area contributed by atoms with Crippen molar-refractivity contribution in [3.8, 4) is 0 Å². The fraction of sp³-hybridized carbons (Fsp3) is 1.00. The molecule has 0 saturated carbocycles. The molecule has 1 aliphatic heterocycles. The lowest BCUT2D eigenvalue weighted by molar-refractivity contribution is -0.104. The normalized spacial score (nSPS) is 20.5. The maximum atomic E-state index is 12.0. The molecule has 0 radical (unpaired) electrons. The maximum Gasteiger partial charge on any atom is 0.282 e. The van der Waals surface area contributed by atoms with Crippen molar-refractivity contribution in [2.75, 3.05) is 54.1 Å². The van der Waals surface area contributed by atoms with Gasteiger partial charge in [0, 0.05) is 40.9 Å². The van der Waals surface area contributed by atoms with Crippen molar-refractivity contribution in [2.24, 2.45) is 0 Å². The topological polar surface area (TPSA) is 79.3 Å². The van der Waals surface area contributed by atoms with Crippen LogP contribution in [0.5, 0.6) is 0 Å². The van der Waals surface area contributed by atoms with E-state index in [4.69, 9.17) is 9.47 Å². The third-order valence-electron chi connectivity index (χ3n) is 2.68. The highest BCUT2D eigenvalue weighted by atomic mass is 32.2. The minimum atomic E-state index is -3.49. The molecule has 1 saturated heterocycles. The number of hydrogen-bond acceptors (Lipinski definition) is 5. The summed E-state index contributed by atoms with van der Waals surface area (Å²) < 4.78 is 36.0. The molecule has 1 N–H and O–H groups in total. The maximum absolute atomic E-state index is 12.0. The molecule has 8 heteroatoms. The van der Waals surface area contributed by atoms with E-state index in [1.165, 1.54) is 29.9 Å². The summed E-state index contributed by atoms with van der Waals surface area (Å²) in [6, 6.07) is 0. The van der Waals surface area contributed by atoms with Gasteiger partial charge in [0.25, 0.3) is 10.2 Å². The van der Waals surface area contributed by atoms with Gasteiger partial charge >= 0.3 is 0 Å². The highest BCUT2D eigenvalue weighted by Crippen LogP contribution is 2.25. The van der Waals surface area contributed by atoms with E-state index in [1.807, 2.05) is 0 Å². The van der Waals surface area contributed by atoms with Crippen molar-refractivity contribution in [1.29, 1.82) is 0 Å². The third kappa shape index (κ3) is 3.36. The standard InChI is InChI=1S/C9H20N2O5S/c1-10(4-5-15-2)17(13,14)11-6-9(12,7-11)8-16-3/h12H,4-8H2,1-3H3. The van der Waals surface area contributed by atoms with Gasteiger partial charge < -0.3 is 14.6 Å². The summed E-state index contributed by atoms with van der Waals surface area (Å²) in [5.74, 6) is 0. The second-order valence-electron chi connectivity index (χ2n) is 4.25. The molecule has 0 aromatic carbocycles. The Labute approximate surface area is 102 Å². The van der Waals surface area contributed by atoms with Crippen LogP contribution < -0.4 is 0 Å². The molecule has 1 fully saturated rings. The minimum absolute atomic E-state index is 0.0699. The quantitative estimate of drug-likeness (QED) is 0.608. The molecule has 0 aliphatic carbocycles. The number of hydrogen-bond donors (Lipinski definition) is 1. The fourth-order valence-corrected chi connectivity index (χ4v) is 3.17. The second-order valence-corrected chi connectivity index (χ2v) is 6.28. The van der Waals surface area contributed by atoms with Crippen LogP contribution in [0.25, 0.3) is 0 Å². The third-order valence-corrected chi connectivity index (χ3v) is 4.57. The van der Waals surface area contributed by atoms with Crippen molar-refractivity contribution < 1.29 is 23.0 Å². The van der Waals surface area contributed by atoms with Gasteiger partial charge in [-0.3, -0.25) is 0 Å². The molecule has 0 spiro atoms. The van der Waals surface area contributed by atoms with E-state index in [9.17, 15) is 13.5 Å². The lowest BCUT2D eigenvalue weighted by Crippen LogP contribution is -2.67. The van der Waals surface area contributed by atoms with Gasteiger partial charge in [0.1, 0.15) is 5.60 Å². The van der Waals surface area contributed by atoms with Gasteiger partial charge in [-0.2, -0.15) is 17.0 Å². The van der Waals surface area contributed by atoms with E-state index in [1.54, 1.807) is 0 Å². The predicted octanol–water partition coefficient (Wildman–Crippen LogP) is -1.50. The van der Waals surface area contributed by atoms with Gasteiger partial charge in [-0.25, -0.2) is 0 Å². The summed E-state index contributed by atoms with van der Waals surface area (Å²) in [4.78, 5) is 0. The molecule has 7 nitrogen and oxygen atoms in total. The number of likely N-dealkylation sites (N-methyl/N-ethyl adjacent to an activating group) is 1.